The summed E-state index contributed by atoms with van der Waals surface area (Å²) in [7, 11) is 0. The van der Waals surface area contributed by atoms with Crippen molar-refractivity contribution in [3.63, 3.8) is 0 Å². The smallest absolute Gasteiger partial charge is 0.269 e. The molecule has 0 spiro atoms. The molecule has 0 atom stereocenters. The van der Waals surface area contributed by atoms with Crippen LogP contribution in [-0.2, 0) is 0 Å². The van der Waals surface area contributed by atoms with Gasteiger partial charge in [-0.2, -0.15) is 0 Å². The van der Waals surface area contributed by atoms with E-state index in [1.807, 2.05) is 13.0 Å². The average molecular weight is 382 g/mol. The largest absolute Gasteiger partial charge is 0.298 e. The molecular formula is C16H13Cl2N3O2S. The number of amides is 2. The van der Waals surface area contributed by atoms with Gasteiger partial charge in [0.2, 0.25) is 0 Å². The van der Waals surface area contributed by atoms with Crippen molar-refractivity contribution in [1.29, 1.82) is 0 Å². The summed E-state index contributed by atoms with van der Waals surface area (Å²) < 4.78 is 0. The molecule has 2 aromatic carbocycles. The molecule has 0 aliphatic rings. The molecule has 0 radical (unpaired) electrons. The van der Waals surface area contributed by atoms with Gasteiger partial charge in [0.1, 0.15) is 0 Å². The summed E-state index contributed by atoms with van der Waals surface area (Å²) in [6.45, 7) is 1.88. The Bertz CT molecular complexity index is 812. The number of benzene rings is 2. The van der Waals surface area contributed by atoms with Crippen LogP contribution in [-0.4, -0.2) is 16.9 Å². The van der Waals surface area contributed by atoms with Crippen molar-refractivity contribution in [2.24, 2.45) is 0 Å². The van der Waals surface area contributed by atoms with Gasteiger partial charge < -0.3 is 0 Å². The minimum Gasteiger partial charge on any atom is -0.298 e. The normalized spacial score (nSPS) is 9.96. The lowest BCUT2D eigenvalue weighted by atomic mass is 10.1. The second-order valence-corrected chi connectivity index (χ2v) is 6.11. The van der Waals surface area contributed by atoms with Crippen LogP contribution in [0.3, 0.4) is 0 Å². The first kappa shape index (κ1) is 18.2. The number of hydrogen-bond donors (Lipinski definition) is 3. The van der Waals surface area contributed by atoms with E-state index in [4.69, 9.17) is 35.4 Å². The van der Waals surface area contributed by atoms with Gasteiger partial charge in [-0.05, 0) is 49.5 Å². The molecule has 2 aromatic rings. The summed E-state index contributed by atoms with van der Waals surface area (Å²) in [5.41, 5.74) is 6.51. The molecule has 124 valence electrons. The van der Waals surface area contributed by atoms with Crippen molar-refractivity contribution >= 4 is 52.3 Å². The molecule has 0 fully saturated rings. The van der Waals surface area contributed by atoms with Crippen LogP contribution in [0, 0.1) is 6.92 Å². The highest BCUT2D eigenvalue weighted by atomic mass is 35.5. The van der Waals surface area contributed by atoms with Gasteiger partial charge in [-0.25, -0.2) is 0 Å². The Morgan fingerprint density at radius 3 is 2.42 bits per heavy atom. The van der Waals surface area contributed by atoms with Crippen molar-refractivity contribution in [2.45, 2.75) is 6.92 Å². The SMILES string of the molecule is Cc1cccc(C(=O)NNC(=S)NC(=O)c2ccc(Cl)cc2Cl)c1. The zero-order chi connectivity index (χ0) is 17.7. The fourth-order valence-corrected chi connectivity index (χ4v) is 2.49. The van der Waals surface area contributed by atoms with Crippen LogP contribution in [0.4, 0.5) is 0 Å². The summed E-state index contributed by atoms with van der Waals surface area (Å²) in [6, 6.07) is 11.5. The zero-order valence-corrected chi connectivity index (χ0v) is 14.9. The molecule has 24 heavy (non-hydrogen) atoms. The van der Waals surface area contributed by atoms with E-state index in [2.05, 4.69) is 16.2 Å². The maximum Gasteiger partial charge on any atom is 0.269 e. The second-order valence-electron chi connectivity index (χ2n) is 4.86. The van der Waals surface area contributed by atoms with Gasteiger partial charge in [0.15, 0.2) is 5.11 Å². The van der Waals surface area contributed by atoms with Gasteiger partial charge >= 0.3 is 0 Å². The predicted octanol–water partition coefficient (Wildman–Crippen LogP) is 3.25. The van der Waals surface area contributed by atoms with Crippen molar-refractivity contribution in [3.05, 3.63) is 69.2 Å². The zero-order valence-electron chi connectivity index (χ0n) is 12.5. The molecule has 0 saturated heterocycles. The number of aryl methyl sites for hydroxylation is 1. The van der Waals surface area contributed by atoms with E-state index < -0.39 is 5.91 Å². The van der Waals surface area contributed by atoms with E-state index in [9.17, 15) is 9.59 Å². The van der Waals surface area contributed by atoms with Crippen LogP contribution in [0.2, 0.25) is 10.0 Å². The highest BCUT2D eigenvalue weighted by molar-refractivity contribution is 7.80. The molecule has 0 aliphatic heterocycles. The van der Waals surface area contributed by atoms with Gasteiger partial charge in [-0.1, -0.05) is 40.9 Å². The van der Waals surface area contributed by atoms with Crippen molar-refractivity contribution < 1.29 is 9.59 Å². The maximum absolute atomic E-state index is 12.1. The summed E-state index contributed by atoms with van der Waals surface area (Å²) >= 11 is 16.7. The predicted molar refractivity (Wildman–Crippen MR) is 98.3 cm³/mol. The number of rotatable bonds is 2. The second kappa shape index (κ2) is 8.10. The molecule has 0 bridgehead atoms. The molecule has 0 unspecified atom stereocenters. The Hall–Kier alpha value is -2.15. The van der Waals surface area contributed by atoms with Crippen LogP contribution in [0.1, 0.15) is 26.3 Å². The van der Waals surface area contributed by atoms with E-state index in [1.54, 1.807) is 24.3 Å². The first-order valence-corrected chi connectivity index (χ1v) is 7.96. The quantitative estimate of drug-likeness (QED) is 0.551. The third kappa shape index (κ3) is 4.92. The van der Waals surface area contributed by atoms with Gasteiger partial charge in [-0.15, -0.1) is 0 Å². The summed E-state index contributed by atoms with van der Waals surface area (Å²) in [4.78, 5) is 24.0. The average Bonchev–Trinajstić information content (AvgIpc) is 2.52. The van der Waals surface area contributed by atoms with Gasteiger partial charge in [0.25, 0.3) is 11.8 Å². The standard InChI is InChI=1S/C16H13Cl2N3O2S/c1-9-3-2-4-10(7-9)14(22)20-21-16(24)19-15(23)12-6-5-11(17)8-13(12)18/h2-8H,1H3,(H,20,22)(H2,19,21,23,24). The lowest BCUT2D eigenvalue weighted by Gasteiger charge is -2.11. The molecule has 3 N–H and O–H groups in total. The summed E-state index contributed by atoms with van der Waals surface area (Å²) in [5.74, 6) is -0.890. The first-order chi connectivity index (χ1) is 11.4. The third-order valence-corrected chi connectivity index (χ3v) is 3.72. The lowest BCUT2D eigenvalue weighted by Crippen LogP contribution is -2.48. The van der Waals surface area contributed by atoms with Gasteiger partial charge in [-0.3, -0.25) is 25.8 Å². The fraction of sp³-hybridized carbons (Fsp3) is 0.0625. The lowest BCUT2D eigenvalue weighted by molar-refractivity contribution is 0.0934. The molecule has 0 aromatic heterocycles. The van der Waals surface area contributed by atoms with E-state index in [-0.39, 0.29) is 21.6 Å². The minimum absolute atomic E-state index is 0.0629. The summed E-state index contributed by atoms with van der Waals surface area (Å²) in [6.07, 6.45) is 0. The Labute approximate surface area is 154 Å². The fourth-order valence-electron chi connectivity index (χ4n) is 1.85. The Kier molecular flexibility index (Phi) is 6.14. The first-order valence-electron chi connectivity index (χ1n) is 6.80. The maximum atomic E-state index is 12.1. The monoisotopic (exact) mass is 381 g/mol. The number of hydrogen-bond acceptors (Lipinski definition) is 3. The molecule has 0 heterocycles. The van der Waals surface area contributed by atoms with E-state index in [0.717, 1.165) is 5.56 Å². The van der Waals surface area contributed by atoms with Gasteiger partial charge in [0, 0.05) is 10.6 Å². The number of carbonyl (C=O) groups is 2. The highest BCUT2D eigenvalue weighted by Gasteiger charge is 2.13. The number of thiocarbonyl (C=S) groups is 1. The molecule has 0 aliphatic carbocycles. The van der Waals surface area contributed by atoms with Crippen molar-refractivity contribution in [2.75, 3.05) is 0 Å². The molecule has 0 saturated carbocycles. The number of nitrogens with one attached hydrogen (secondary N) is 3. The Balaban J connectivity index is 1.91. The highest BCUT2D eigenvalue weighted by Crippen LogP contribution is 2.20. The topological polar surface area (TPSA) is 70.2 Å². The van der Waals surface area contributed by atoms with Crippen LogP contribution >= 0.6 is 35.4 Å². The van der Waals surface area contributed by atoms with Crippen LogP contribution in [0.15, 0.2) is 42.5 Å². The van der Waals surface area contributed by atoms with E-state index >= 15 is 0 Å². The van der Waals surface area contributed by atoms with Crippen molar-refractivity contribution in [3.8, 4) is 0 Å². The minimum atomic E-state index is -0.515. The van der Waals surface area contributed by atoms with Gasteiger partial charge in [0.05, 0.1) is 10.6 Å². The van der Waals surface area contributed by atoms with Crippen molar-refractivity contribution in [1.82, 2.24) is 16.2 Å². The molecule has 2 rings (SSSR count). The molecule has 2 amide bonds. The molecule has 8 heteroatoms. The molecule has 5 nitrogen and oxygen atoms in total. The number of halogens is 2. The summed E-state index contributed by atoms with van der Waals surface area (Å²) in [5, 5.41) is 2.97. The number of hydrazine groups is 1. The molecular weight excluding hydrogens is 369 g/mol. The van der Waals surface area contributed by atoms with Crippen LogP contribution in [0.5, 0.6) is 0 Å². The van der Waals surface area contributed by atoms with Crippen LogP contribution in [0.25, 0.3) is 0 Å². The van der Waals surface area contributed by atoms with E-state index in [0.29, 0.717) is 10.6 Å². The van der Waals surface area contributed by atoms with E-state index in [1.165, 1.54) is 12.1 Å². The number of carbonyl (C=O) groups excluding carboxylic acids is 2. The Morgan fingerprint density at radius 1 is 1.00 bits per heavy atom. The third-order valence-electron chi connectivity index (χ3n) is 2.97. The Morgan fingerprint density at radius 2 is 1.75 bits per heavy atom. The van der Waals surface area contributed by atoms with Crippen LogP contribution < -0.4 is 16.2 Å².